The van der Waals surface area contributed by atoms with Crippen molar-refractivity contribution in [2.45, 2.75) is 25.9 Å². The maximum absolute atomic E-state index is 12.3. The number of anilines is 1. The molecule has 1 heterocycles. The van der Waals surface area contributed by atoms with Crippen molar-refractivity contribution in [1.29, 1.82) is 0 Å². The van der Waals surface area contributed by atoms with Crippen LogP contribution in [0.5, 0.6) is 0 Å². The number of amides is 1. The van der Waals surface area contributed by atoms with Gasteiger partial charge in [0, 0.05) is 24.2 Å². The first kappa shape index (κ1) is 22.2. The minimum absolute atomic E-state index is 0.0350. The average Bonchev–Trinajstić information content (AvgIpc) is 3.18. The molecule has 0 radical (unpaired) electrons. The fourth-order valence-corrected chi connectivity index (χ4v) is 2.95. The number of esters is 1. The van der Waals surface area contributed by atoms with Crippen molar-refractivity contribution in [2.24, 2.45) is 0 Å². The van der Waals surface area contributed by atoms with Gasteiger partial charge in [-0.2, -0.15) is 0 Å². The quantitative estimate of drug-likeness (QED) is 0.340. The van der Waals surface area contributed by atoms with Crippen LogP contribution in [-0.4, -0.2) is 45.0 Å². The molecule has 9 nitrogen and oxygen atoms in total. The highest BCUT2D eigenvalue weighted by Crippen LogP contribution is 2.14. The Labute approximate surface area is 168 Å². The van der Waals surface area contributed by atoms with Crippen LogP contribution in [-0.2, 0) is 19.6 Å². The molecule has 10 heteroatoms. The summed E-state index contributed by atoms with van der Waals surface area (Å²) >= 11 is 0. The number of carbonyl (C=O) groups excluding carboxylic acids is 3. The van der Waals surface area contributed by atoms with Crippen LogP contribution in [0.4, 0.5) is 5.69 Å². The molecular weight excluding hydrogens is 400 g/mol. The zero-order valence-corrected chi connectivity index (χ0v) is 16.8. The normalized spacial score (nSPS) is 12.1. The van der Waals surface area contributed by atoms with Gasteiger partial charge in [0.05, 0.1) is 12.5 Å². The van der Waals surface area contributed by atoms with Crippen LogP contribution >= 0.6 is 0 Å². The minimum atomic E-state index is -3.41. The number of rotatable bonds is 10. The first-order chi connectivity index (χ1) is 13.7. The smallest absolute Gasteiger partial charge is 0.306 e. The van der Waals surface area contributed by atoms with Crippen LogP contribution in [0.25, 0.3) is 0 Å². The molecule has 0 spiro atoms. The molecule has 0 saturated carbocycles. The highest BCUT2D eigenvalue weighted by Gasteiger charge is 2.19. The summed E-state index contributed by atoms with van der Waals surface area (Å²) < 4.78 is 34.8. The second kappa shape index (κ2) is 9.87. The van der Waals surface area contributed by atoms with E-state index < -0.39 is 27.9 Å². The lowest BCUT2D eigenvalue weighted by Gasteiger charge is -2.13. The number of sulfonamides is 1. The lowest BCUT2D eigenvalue weighted by Crippen LogP contribution is -2.26. The van der Waals surface area contributed by atoms with Crippen LogP contribution in [0.2, 0.25) is 0 Å². The SMILES string of the molecule is CC(OC(=O)CCCNC(=O)c1ccco1)C(=O)c1ccc(NS(C)(=O)=O)cc1. The molecule has 1 unspecified atom stereocenters. The molecule has 2 aromatic rings. The molecule has 0 bridgehead atoms. The summed E-state index contributed by atoms with van der Waals surface area (Å²) in [5.74, 6) is -1.16. The topological polar surface area (TPSA) is 132 Å². The van der Waals surface area contributed by atoms with Gasteiger partial charge in [-0.15, -0.1) is 0 Å². The van der Waals surface area contributed by atoms with Crippen LogP contribution < -0.4 is 10.0 Å². The molecule has 156 valence electrons. The fourth-order valence-electron chi connectivity index (χ4n) is 2.39. The third-order valence-electron chi connectivity index (χ3n) is 3.74. The second-order valence-corrected chi connectivity index (χ2v) is 8.03. The third-order valence-corrected chi connectivity index (χ3v) is 4.34. The summed E-state index contributed by atoms with van der Waals surface area (Å²) in [5, 5.41) is 2.61. The molecule has 1 aromatic carbocycles. The first-order valence-electron chi connectivity index (χ1n) is 8.79. The average molecular weight is 422 g/mol. The Morgan fingerprint density at radius 2 is 1.83 bits per heavy atom. The summed E-state index contributed by atoms with van der Waals surface area (Å²) in [7, 11) is -3.41. The standard InChI is InChI=1S/C19H22N2O7S/c1-13(18(23)14-7-9-15(10-8-14)21-29(2,25)26)28-17(22)6-3-11-20-19(24)16-5-4-12-27-16/h4-5,7-10,12-13,21H,3,6,11H2,1-2H3,(H,20,24). The van der Waals surface area contributed by atoms with Crippen LogP contribution in [0.3, 0.4) is 0 Å². The molecular formula is C19H22N2O7S. The van der Waals surface area contributed by atoms with Crippen LogP contribution in [0, 0.1) is 0 Å². The monoisotopic (exact) mass is 422 g/mol. The van der Waals surface area contributed by atoms with E-state index in [0.717, 1.165) is 6.26 Å². The van der Waals surface area contributed by atoms with Crippen molar-refractivity contribution in [1.82, 2.24) is 5.32 Å². The maximum Gasteiger partial charge on any atom is 0.306 e. The molecule has 0 aliphatic carbocycles. The molecule has 1 aromatic heterocycles. The third kappa shape index (κ3) is 7.41. The number of Topliss-reactive ketones (excluding diaryl/α,β-unsaturated/α-hetero) is 1. The number of furan rings is 1. The predicted octanol–water partition coefficient (Wildman–Crippen LogP) is 1.98. The Bertz CT molecular complexity index is 951. The predicted molar refractivity (Wildman–Crippen MR) is 105 cm³/mol. The summed E-state index contributed by atoms with van der Waals surface area (Å²) in [5.41, 5.74) is 0.611. The van der Waals surface area contributed by atoms with Gasteiger partial charge in [0.15, 0.2) is 11.9 Å². The van der Waals surface area contributed by atoms with Crippen LogP contribution in [0.1, 0.15) is 40.7 Å². The van der Waals surface area contributed by atoms with Gasteiger partial charge in [-0.25, -0.2) is 8.42 Å². The molecule has 2 rings (SSSR count). The molecule has 0 fully saturated rings. The van der Waals surface area contributed by atoms with E-state index >= 15 is 0 Å². The summed E-state index contributed by atoms with van der Waals surface area (Å²) in [6.07, 6.45) is 1.80. The number of hydrogen-bond acceptors (Lipinski definition) is 7. The minimum Gasteiger partial charge on any atom is -0.459 e. The number of hydrogen-bond donors (Lipinski definition) is 2. The molecule has 29 heavy (non-hydrogen) atoms. The number of carbonyl (C=O) groups is 3. The van der Waals surface area contributed by atoms with Gasteiger partial charge >= 0.3 is 5.97 Å². The number of nitrogens with one attached hydrogen (secondary N) is 2. The van der Waals surface area contributed by atoms with Crippen molar-refractivity contribution in [2.75, 3.05) is 17.5 Å². The van der Waals surface area contributed by atoms with Gasteiger partial charge in [-0.05, 0) is 49.7 Å². The van der Waals surface area contributed by atoms with Crippen molar-refractivity contribution in [3.05, 3.63) is 54.0 Å². The Hall–Kier alpha value is -3.14. The summed E-state index contributed by atoms with van der Waals surface area (Å²) in [4.78, 5) is 35.9. The maximum atomic E-state index is 12.3. The Kier molecular flexibility index (Phi) is 7.54. The zero-order chi connectivity index (χ0) is 21.4. The number of ether oxygens (including phenoxy) is 1. The van der Waals surface area contributed by atoms with Gasteiger partial charge in [0.1, 0.15) is 0 Å². The highest BCUT2D eigenvalue weighted by atomic mass is 32.2. The van der Waals surface area contributed by atoms with Gasteiger partial charge < -0.3 is 14.5 Å². The second-order valence-electron chi connectivity index (χ2n) is 6.28. The number of benzene rings is 1. The van der Waals surface area contributed by atoms with E-state index in [4.69, 9.17) is 9.15 Å². The van der Waals surface area contributed by atoms with Gasteiger partial charge in [0.25, 0.3) is 5.91 Å². The van der Waals surface area contributed by atoms with E-state index in [2.05, 4.69) is 10.0 Å². The largest absolute Gasteiger partial charge is 0.459 e. The van der Waals surface area contributed by atoms with Gasteiger partial charge in [-0.1, -0.05) is 0 Å². The van der Waals surface area contributed by atoms with Crippen molar-refractivity contribution < 1.29 is 32.0 Å². The first-order valence-corrected chi connectivity index (χ1v) is 10.7. The van der Waals surface area contributed by atoms with Crippen molar-refractivity contribution in [3.63, 3.8) is 0 Å². The molecule has 1 amide bonds. The molecule has 0 saturated heterocycles. The van der Waals surface area contributed by atoms with E-state index in [1.54, 1.807) is 6.07 Å². The van der Waals surface area contributed by atoms with Crippen molar-refractivity contribution >= 4 is 33.4 Å². The lowest BCUT2D eigenvalue weighted by molar-refractivity contribution is -0.146. The summed E-state index contributed by atoms with van der Waals surface area (Å²) in [6.45, 7) is 1.72. The van der Waals surface area contributed by atoms with E-state index in [1.165, 1.54) is 43.5 Å². The van der Waals surface area contributed by atoms with E-state index in [0.29, 0.717) is 12.1 Å². The summed E-state index contributed by atoms with van der Waals surface area (Å²) in [6, 6.07) is 8.92. The molecule has 2 N–H and O–H groups in total. The van der Waals surface area contributed by atoms with Crippen LogP contribution in [0.15, 0.2) is 47.1 Å². The van der Waals surface area contributed by atoms with Crippen molar-refractivity contribution in [3.8, 4) is 0 Å². The Balaban J connectivity index is 1.75. The van der Waals surface area contributed by atoms with E-state index in [-0.39, 0.29) is 30.2 Å². The molecule has 0 aliphatic heterocycles. The van der Waals surface area contributed by atoms with E-state index in [9.17, 15) is 22.8 Å². The van der Waals surface area contributed by atoms with E-state index in [1.807, 2.05) is 0 Å². The zero-order valence-electron chi connectivity index (χ0n) is 16.0. The van der Waals surface area contributed by atoms with Gasteiger partial charge in [-0.3, -0.25) is 19.1 Å². The number of ketones is 1. The highest BCUT2D eigenvalue weighted by molar-refractivity contribution is 7.92. The Morgan fingerprint density at radius 3 is 2.41 bits per heavy atom. The van der Waals surface area contributed by atoms with Gasteiger partial charge in [0.2, 0.25) is 15.8 Å². The Morgan fingerprint density at radius 1 is 1.14 bits per heavy atom. The lowest BCUT2D eigenvalue weighted by atomic mass is 10.1. The molecule has 1 atom stereocenters. The molecule has 0 aliphatic rings. The fraction of sp³-hybridized carbons (Fsp3) is 0.316.